The van der Waals surface area contributed by atoms with Gasteiger partial charge in [0.1, 0.15) is 4.88 Å². The molecule has 0 saturated heterocycles. The van der Waals surface area contributed by atoms with E-state index in [0.717, 1.165) is 11.5 Å². The van der Waals surface area contributed by atoms with E-state index in [1.165, 1.54) is 7.11 Å². The van der Waals surface area contributed by atoms with E-state index in [1.807, 2.05) is 13.8 Å². The highest BCUT2D eigenvalue weighted by Gasteiger charge is 2.25. The fraction of sp³-hybridized carbons (Fsp3) is 0.455. The van der Waals surface area contributed by atoms with Crippen LogP contribution >= 0.6 is 11.5 Å². The first-order valence-corrected chi connectivity index (χ1v) is 6.28. The monoisotopic (exact) mass is 266 g/mol. The van der Waals surface area contributed by atoms with Crippen molar-refractivity contribution in [3.63, 3.8) is 0 Å². The molecule has 2 rings (SSSR count). The molecule has 2 aromatic heterocycles. The molecule has 0 fully saturated rings. The van der Waals surface area contributed by atoms with Crippen LogP contribution in [0, 0.1) is 6.92 Å². The fourth-order valence-corrected chi connectivity index (χ4v) is 2.25. The second-order valence-electron chi connectivity index (χ2n) is 4.12. The summed E-state index contributed by atoms with van der Waals surface area (Å²) in [6.45, 7) is 5.68. The van der Waals surface area contributed by atoms with Gasteiger partial charge in [-0.1, -0.05) is 4.49 Å². The number of nitrogens with zero attached hydrogens (tertiary/aromatic N) is 4. The summed E-state index contributed by atoms with van der Waals surface area (Å²) in [6.07, 6.45) is 1.55. The van der Waals surface area contributed by atoms with Crippen molar-refractivity contribution < 1.29 is 9.53 Å². The summed E-state index contributed by atoms with van der Waals surface area (Å²) in [5, 5.41) is 8.04. The van der Waals surface area contributed by atoms with Crippen molar-refractivity contribution in [1.82, 2.24) is 19.4 Å². The maximum atomic E-state index is 12.5. The Morgan fingerprint density at radius 2 is 2.22 bits per heavy atom. The van der Waals surface area contributed by atoms with Crippen molar-refractivity contribution >= 4 is 17.3 Å². The van der Waals surface area contributed by atoms with Crippen molar-refractivity contribution in [2.24, 2.45) is 0 Å². The van der Waals surface area contributed by atoms with Crippen molar-refractivity contribution in [2.75, 3.05) is 7.11 Å². The summed E-state index contributed by atoms with van der Waals surface area (Å²) in [4.78, 5) is 13.0. The van der Waals surface area contributed by atoms with E-state index in [2.05, 4.69) is 14.7 Å². The van der Waals surface area contributed by atoms with Crippen molar-refractivity contribution in [3.05, 3.63) is 22.5 Å². The third kappa shape index (κ3) is 2.01. The first-order valence-electron chi connectivity index (χ1n) is 5.51. The molecule has 0 bridgehead atoms. The van der Waals surface area contributed by atoms with E-state index in [1.54, 1.807) is 17.8 Å². The summed E-state index contributed by atoms with van der Waals surface area (Å²) in [7, 11) is 1.52. The number of ether oxygens (including phenoxy) is 1. The first-order chi connectivity index (χ1) is 8.56. The Bertz CT molecular complexity index is 573. The Kier molecular flexibility index (Phi) is 3.42. The van der Waals surface area contributed by atoms with Gasteiger partial charge in [-0.25, -0.2) is 0 Å². The molecule has 0 aromatic carbocycles. The van der Waals surface area contributed by atoms with Crippen LogP contribution in [-0.4, -0.2) is 32.3 Å². The maximum Gasteiger partial charge on any atom is 0.228 e. The molecule has 0 unspecified atom stereocenters. The molecule has 0 aliphatic rings. The van der Waals surface area contributed by atoms with Gasteiger partial charge in [0.05, 0.1) is 19.0 Å². The second kappa shape index (κ2) is 4.85. The normalized spacial score (nSPS) is 10.9. The Balaban J connectivity index is 2.53. The number of rotatable bonds is 4. The van der Waals surface area contributed by atoms with Gasteiger partial charge in [-0.15, -0.1) is 5.10 Å². The molecule has 18 heavy (non-hydrogen) atoms. The Labute approximate surface area is 109 Å². The molecular formula is C11H14N4O2S. The lowest BCUT2D eigenvalue weighted by atomic mass is 10.2. The van der Waals surface area contributed by atoms with E-state index >= 15 is 0 Å². The van der Waals surface area contributed by atoms with Gasteiger partial charge in [-0.3, -0.25) is 9.48 Å². The number of ketones is 1. The van der Waals surface area contributed by atoms with Crippen molar-refractivity contribution in [2.45, 2.75) is 26.8 Å². The molecule has 0 N–H and O–H groups in total. The minimum Gasteiger partial charge on any atom is -0.493 e. The standard InChI is InChI=1S/C11H14N4O2S/c1-6(2)15-9(8(17-4)5-12-15)10(16)11-7(3)13-14-18-11/h5-6H,1-4H3. The molecule has 0 radical (unpaired) electrons. The van der Waals surface area contributed by atoms with E-state index in [-0.39, 0.29) is 11.8 Å². The van der Waals surface area contributed by atoms with Crippen LogP contribution in [0.2, 0.25) is 0 Å². The smallest absolute Gasteiger partial charge is 0.228 e. The van der Waals surface area contributed by atoms with Gasteiger partial charge < -0.3 is 4.74 Å². The zero-order chi connectivity index (χ0) is 13.3. The molecule has 6 nitrogen and oxygen atoms in total. The molecule has 7 heteroatoms. The number of carbonyl (C=O) groups excluding carboxylic acids is 1. The molecule has 2 heterocycles. The average Bonchev–Trinajstić information content (AvgIpc) is 2.93. The molecule has 0 amide bonds. The van der Waals surface area contributed by atoms with Gasteiger partial charge >= 0.3 is 0 Å². The van der Waals surface area contributed by atoms with Crippen molar-refractivity contribution in [3.8, 4) is 5.75 Å². The number of hydrogen-bond acceptors (Lipinski definition) is 6. The van der Waals surface area contributed by atoms with Crippen LogP contribution in [0.4, 0.5) is 0 Å². The van der Waals surface area contributed by atoms with Gasteiger partial charge in [0.2, 0.25) is 5.78 Å². The fourth-order valence-electron chi connectivity index (χ4n) is 1.65. The summed E-state index contributed by atoms with van der Waals surface area (Å²) in [5.74, 6) is 0.326. The van der Waals surface area contributed by atoms with Crippen LogP contribution in [0.3, 0.4) is 0 Å². The molecule has 0 saturated carbocycles. The maximum absolute atomic E-state index is 12.5. The molecular weight excluding hydrogens is 252 g/mol. The van der Waals surface area contributed by atoms with Crippen LogP contribution in [0.25, 0.3) is 0 Å². The minimum atomic E-state index is -0.148. The van der Waals surface area contributed by atoms with Gasteiger partial charge in [-0.05, 0) is 32.3 Å². The highest BCUT2D eigenvalue weighted by atomic mass is 32.1. The zero-order valence-electron chi connectivity index (χ0n) is 10.7. The summed E-state index contributed by atoms with van der Waals surface area (Å²) < 4.78 is 10.6. The van der Waals surface area contributed by atoms with E-state index in [0.29, 0.717) is 22.0 Å². The van der Waals surface area contributed by atoms with Crippen LogP contribution < -0.4 is 4.74 Å². The molecule has 2 aromatic rings. The number of hydrogen-bond donors (Lipinski definition) is 0. The number of aromatic nitrogens is 4. The Morgan fingerprint density at radius 3 is 2.72 bits per heavy atom. The summed E-state index contributed by atoms with van der Waals surface area (Å²) in [5.41, 5.74) is 1.07. The topological polar surface area (TPSA) is 69.9 Å². The molecule has 0 spiro atoms. The predicted octanol–water partition coefficient (Wildman–Crippen LogP) is 1.86. The molecule has 96 valence electrons. The quantitative estimate of drug-likeness (QED) is 0.790. The first kappa shape index (κ1) is 12.7. The minimum absolute atomic E-state index is 0.0778. The Morgan fingerprint density at radius 1 is 1.50 bits per heavy atom. The van der Waals surface area contributed by atoms with Gasteiger partial charge in [-0.2, -0.15) is 5.10 Å². The van der Waals surface area contributed by atoms with Crippen LogP contribution in [0.15, 0.2) is 6.20 Å². The van der Waals surface area contributed by atoms with Gasteiger partial charge in [0.15, 0.2) is 11.4 Å². The third-order valence-electron chi connectivity index (χ3n) is 2.54. The predicted molar refractivity (Wildman–Crippen MR) is 67.2 cm³/mol. The average molecular weight is 266 g/mol. The highest BCUT2D eigenvalue weighted by molar-refractivity contribution is 7.08. The zero-order valence-corrected chi connectivity index (χ0v) is 11.5. The van der Waals surface area contributed by atoms with E-state index < -0.39 is 0 Å². The Hall–Kier alpha value is -1.76. The largest absolute Gasteiger partial charge is 0.493 e. The van der Waals surface area contributed by atoms with E-state index in [4.69, 9.17) is 4.74 Å². The summed E-state index contributed by atoms with van der Waals surface area (Å²) in [6, 6.07) is 0.0778. The van der Waals surface area contributed by atoms with Gasteiger partial charge in [0.25, 0.3) is 0 Å². The lowest BCUT2D eigenvalue weighted by molar-refractivity contribution is 0.102. The second-order valence-corrected chi connectivity index (χ2v) is 4.87. The number of carbonyl (C=O) groups is 1. The third-order valence-corrected chi connectivity index (χ3v) is 3.37. The number of aryl methyl sites for hydroxylation is 1. The molecule has 0 atom stereocenters. The molecule has 0 aliphatic heterocycles. The van der Waals surface area contributed by atoms with Crippen LogP contribution in [0.1, 0.15) is 40.9 Å². The van der Waals surface area contributed by atoms with E-state index in [9.17, 15) is 4.79 Å². The van der Waals surface area contributed by atoms with Crippen LogP contribution in [-0.2, 0) is 0 Å². The lowest BCUT2D eigenvalue weighted by Gasteiger charge is -2.10. The van der Waals surface area contributed by atoms with Gasteiger partial charge in [0, 0.05) is 6.04 Å². The SMILES string of the molecule is COc1cnn(C(C)C)c1C(=O)c1snnc1C. The highest BCUT2D eigenvalue weighted by Crippen LogP contribution is 2.25. The summed E-state index contributed by atoms with van der Waals surface area (Å²) >= 11 is 1.09. The number of methoxy groups -OCH3 is 1. The lowest BCUT2D eigenvalue weighted by Crippen LogP contribution is -2.14. The van der Waals surface area contributed by atoms with Crippen molar-refractivity contribution in [1.29, 1.82) is 0 Å². The molecule has 0 aliphatic carbocycles. The van der Waals surface area contributed by atoms with Crippen LogP contribution in [0.5, 0.6) is 5.75 Å².